The van der Waals surface area contributed by atoms with E-state index >= 15 is 0 Å². The molecule has 0 N–H and O–H groups in total. The van der Waals surface area contributed by atoms with E-state index in [2.05, 4.69) is 14.5 Å². The third kappa shape index (κ3) is 5.41. The van der Waals surface area contributed by atoms with Crippen LogP contribution in [0.1, 0.15) is 41.5 Å². The number of nitrogens with zero attached hydrogens (tertiary/aromatic N) is 1. The van der Waals surface area contributed by atoms with Crippen LogP contribution in [-0.2, 0) is 9.32 Å². The lowest BCUT2D eigenvalue weighted by Crippen LogP contribution is -2.20. The van der Waals surface area contributed by atoms with Gasteiger partial charge >= 0.3 is 0 Å². The first kappa shape index (κ1) is 15.3. The molecule has 0 saturated carbocycles. The zero-order chi connectivity index (χ0) is 13.0. The molecule has 0 spiro atoms. The Bertz CT molecular complexity index is 306. The third-order valence-electron chi connectivity index (χ3n) is 1.96. The highest BCUT2D eigenvalue weighted by Crippen LogP contribution is 2.27. The van der Waals surface area contributed by atoms with E-state index < -0.39 is 5.41 Å². The Labute approximate surface area is 101 Å². The van der Waals surface area contributed by atoms with E-state index in [4.69, 9.17) is 4.52 Å². The van der Waals surface area contributed by atoms with Crippen molar-refractivity contribution in [1.82, 2.24) is 0 Å². The van der Waals surface area contributed by atoms with Crippen molar-refractivity contribution in [1.29, 1.82) is 0 Å². The molecule has 90 valence electrons. The minimum Gasteiger partial charge on any atom is -0.459 e. The molecule has 0 atom stereocenters. The fourth-order valence-corrected chi connectivity index (χ4v) is 1.04. The molecule has 0 aromatic rings. The molecule has 0 aliphatic rings. The second-order valence-corrected chi connectivity index (χ2v) is 5.91. The van der Waals surface area contributed by atoms with E-state index in [1.807, 2.05) is 41.5 Å². The van der Waals surface area contributed by atoms with Crippen molar-refractivity contribution in [2.75, 3.05) is 0 Å². The molecule has 0 heterocycles. The van der Waals surface area contributed by atoms with Gasteiger partial charge in [-0.15, -0.1) is 0 Å². The molecule has 2 radical (unpaired) electrons. The largest absolute Gasteiger partial charge is 0.459 e. The first-order valence-electron chi connectivity index (χ1n) is 5.18. The van der Waals surface area contributed by atoms with E-state index in [1.54, 1.807) is 0 Å². The number of aliphatic imine (C=N–C) groups is 1. The maximum atomic E-state index is 11.5. The van der Waals surface area contributed by atoms with E-state index in [1.165, 1.54) is 12.4 Å². The standard InChI is InChI=1S/C12H20NO2P/c1-11(2,3)9(14)7-13-8-10(15-16)12(4,5)6/h7-8H,1-6H3/b10-8+,13-7?. The highest BCUT2D eigenvalue weighted by molar-refractivity contribution is 7.10. The van der Waals surface area contributed by atoms with Crippen molar-refractivity contribution >= 4 is 21.5 Å². The summed E-state index contributed by atoms with van der Waals surface area (Å²) in [5, 5.41) is 0. The number of carbonyl (C=O) groups is 1. The van der Waals surface area contributed by atoms with Gasteiger partial charge in [0.05, 0.1) is 12.4 Å². The van der Waals surface area contributed by atoms with Crippen LogP contribution < -0.4 is 0 Å². The van der Waals surface area contributed by atoms with Crippen LogP contribution in [0.5, 0.6) is 0 Å². The molecule has 3 nitrogen and oxygen atoms in total. The Morgan fingerprint density at radius 1 is 1.12 bits per heavy atom. The van der Waals surface area contributed by atoms with Crippen LogP contribution in [0.4, 0.5) is 0 Å². The predicted molar refractivity (Wildman–Crippen MR) is 68.5 cm³/mol. The first-order chi connectivity index (χ1) is 7.09. The monoisotopic (exact) mass is 241 g/mol. The molecule has 0 aliphatic heterocycles. The Balaban J connectivity index is 4.70. The molecule has 0 amide bonds. The molecule has 0 saturated heterocycles. The Kier molecular flexibility index (Phi) is 5.34. The predicted octanol–water partition coefficient (Wildman–Crippen LogP) is 3.90. The van der Waals surface area contributed by atoms with Crippen molar-refractivity contribution in [2.45, 2.75) is 41.5 Å². The first-order valence-corrected chi connectivity index (χ1v) is 5.55. The highest BCUT2D eigenvalue weighted by Gasteiger charge is 2.20. The molecular weight excluding hydrogens is 221 g/mol. The van der Waals surface area contributed by atoms with Crippen LogP contribution in [0.3, 0.4) is 0 Å². The fourth-order valence-electron chi connectivity index (χ4n) is 0.720. The lowest BCUT2D eigenvalue weighted by Gasteiger charge is -2.19. The molecule has 0 aromatic carbocycles. The average Bonchev–Trinajstić information content (AvgIpc) is 2.08. The van der Waals surface area contributed by atoms with Crippen LogP contribution in [0, 0.1) is 10.8 Å². The molecule has 0 aliphatic carbocycles. The van der Waals surface area contributed by atoms with Gasteiger partial charge in [-0.1, -0.05) is 41.5 Å². The van der Waals surface area contributed by atoms with Gasteiger partial charge in [0, 0.05) is 10.8 Å². The van der Waals surface area contributed by atoms with Crippen LogP contribution in [0.15, 0.2) is 17.0 Å². The summed E-state index contributed by atoms with van der Waals surface area (Å²) < 4.78 is 4.91. The Morgan fingerprint density at radius 2 is 1.62 bits per heavy atom. The average molecular weight is 241 g/mol. The van der Waals surface area contributed by atoms with Crippen molar-refractivity contribution in [2.24, 2.45) is 15.8 Å². The normalized spacial score (nSPS) is 14.3. The van der Waals surface area contributed by atoms with E-state index in [0.29, 0.717) is 5.76 Å². The second kappa shape index (κ2) is 5.58. The molecule has 0 rings (SSSR count). The topological polar surface area (TPSA) is 38.7 Å². The zero-order valence-corrected chi connectivity index (χ0v) is 11.8. The molecule has 0 unspecified atom stereocenters. The van der Waals surface area contributed by atoms with E-state index in [9.17, 15) is 4.79 Å². The van der Waals surface area contributed by atoms with Crippen LogP contribution in [-0.4, -0.2) is 12.0 Å². The summed E-state index contributed by atoms with van der Waals surface area (Å²) in [6.45, 7) is 11.5. The number of carbonyl (C=O) groups excluding carboxylic acids is 1. The number of Topliss-reactive ketones (excluding diaryl/α,β-unsaturated/α-hetero) is 1. The number of allylic oxidation sites excluding steroid dienone is 1. The molecule has 0 bridgehead atoms. The summed E-state index contributed by atoms with van der Waals surface area (Å²) >= 11 is 0. The van der Waals surface area contributed by atoms with Crippen molar-refractivity contribution in [3.63, 3.8) is 0 Å². The Hall–Kier alpha value is -0.690. The van der Waals surface area contributed by atoms with Gasteiger partial charge in [0.2, 0.25) is 9.47 Å². The van der Waals surface area contributed by atoms with Gasteiger partial charge in [-0.05, 0) is 0 Å². The van der Waals surface area contributed by atoms with Crippen molar-refractivity contribution in [3.8, 4) is 0 Å². The van der Waals surface area contributed by atoms with Crippen LogP contribution in [0.2, 0.25) is 0 Å². The summed E-state index contributed by atoms with van der Waals surface area (Å²) in [5.41, 5.74) is -0.578. The molecule has 0 fully saturated rings. The number of hydrogen-bond donors (Lipinski definition) is 0. The van der Waals surface area contributed by atoms with Crippen LogP contribution >= 0.6 is 9.47 Å². The minimum absolute atomic E-state index is 0.0174. The van der Waals surface area contributed by atoms with Crippen LogP contribution in [0.25, 0.3) is 0 Å². The molecule has 0 aromatic heterocycles. The SMILES string of the molecule is CC(C)(C)C(=O)C=N/C=C(/O[P])C(C)(C)C. The summed E-state index contributed by atoms with van der Waals surface area (Å²) in [4.78, 5) is 15.5. The van der Waals surface area contributed by atoms with Gasteiger partial charge in [-0.2, -0.15) is 0 Å². The van der Waals surface area contributed by atoms with Crippen molar-refractivity contribution < 1.29 is 9.32 Å². The quantitative estimate of drug-likeness (QED) is 0.427. The van der Waals surface area contributed by atoms with Gasteiger partial charge < -0.3 is 4.52 Å². The lowest BCUT2D eigenvalue weighted by molar-refractivity contribution is -0.119. The Morgan fingerprint density at radius 3 is 1.94 bits per heavy atom. The van der Waals surface area contributed by atoms with Gasteiger partial charge in [0.25, 0.3) is 0 Å². The second-order valence-electron chi connectivity index (χ2n) is 5.73. The zero-order valence-electron chi connectivity index (χ0n) is 10.9. The summed E-state index contributed by atoms with van der Waals surface area (Å²) in [6, 6.07) is 0. The maximum absolute atomic E-state index is 11.5. The number of hydrogen-bond acceptors (Lipinski definition) is 3. The molecule has 16 heavy (non-hydrogen) atoms. The van der Waals surface area contributed by atoms with Crippen molar-refractivity contribution in [3.05, 3.63) is 12.0 Å². The lowest BCUT2D eigenvalue weighted by atomic mass is 9.91. The van der Waals surface area contributed by atoms with Gasteiger partial charge in [0.15, 0.2) is 5.78 Å². The molecule has 4 heteroatoms. The summed E-state index contributed by atoms with van der Waals surface area (Å²) in [6.07, 6.45) is 2.84. The van der Waals surface area contributed by atoms with Gasteiger partial charge in [0.1, 0.15) is 5.76 Å². The molecular formula is C12H20NO2P. The fraction of sp³-hybridized carbons (Fsp3) is 0.667. The maximum Gasteiger partial charge on any atom is 0.231 e. The smallest absolute Gasteiger partial charge is 0.231 e. The van der Waals surface area contributed by atoms with E-state index in [-0.39, 0.29) is 11.2 Å². The van der Waals surface area contributed by atoms with E-state index in [0.717, 1.165) is 0 Å². The summed E-state index contributed by atoms with van der Waals surface area (Å²) in [5.74, 6) is 0.602. The van der Waals surface area contributed by atoms with Gasteiger partial charge in [-0.25, -0.2) is 0 Å². The van der Waals surface area contributed by atoms with Gasteiger partial charge in [-0.3, -0.25) is 9.79 Å². The minimum atomic E-state index is -0.402. The highest BCUT2D eigenvalue weighted by atomic mass is 31.0. The number of ketones is 1. The summed E-state index contributed by atoms with van der Waals surface area (Å²) in [7, 11) is 3.76. The number of rotatable bonds is 3. The third-order valence-corrected chi connectivity index (χ3v) is 2.16.